The molecule has 0 amide bonds. The van der Waals surface area contributed by atoms with Gasteiger partial charge in [-0.3, -0.25) is 4.79 Å². The minimum atomic E-state index is -0.817. The van der Waals surface area contributed by atoms with Crippen molar-refractivity contribution < 1.29 is 9.90 Å². The third kappa shape index (κ3) is 1.09. The quantitative estimate of drug-likeness (QED) is 0.531. The van der Waals surface area contributed by atoms with Gasteiger partial charge in [0, 0.05) is 5.92 Å². The van der Waals surface area contributed by atoms with Crippen LogP contribution < -0.4 is 11.6 Å². The summed E-state index contributed by atoms with van der Waals surface area (Å²) in [5.41, 5.74) is 5.40. The molecule has 0 saturated heterocycles. The van der Waals surface area contributed by atoms with Gasteiger partial charge in [0.05, 0.1) is 5.92 Å². The molecular formula is C7H11N5O2. The van der Waals surface area contributed by atoms with Crippen LogP contribution in [0.25, 0.3) is 0 Å². The largest absolute Gasteiger partial charge is 0.481 e. The van der Waals surface area contributed by atoms with Gasteiger partial charge in [0.2, 0.25) is 5.95 Å². The zero-order valence-electron chi connectivity index (χ0n) is 7.42. The topological polar surface area (TPSA) is 120 Å². The highest BCUT2D eigenvalue weighted by Crippen LogP contribution is 2.41. The molecule has 1 heterocycles. The second kappa shape index (κ2) is 2.86. The van der Waals surface area contributed by atoms with Gasteiger partial charge in [-0.1, -0.05) is 0 Å². The molecule has 2 rings (SSSR count). The van der Waals surface area contributed by atoms with Crippen molar-refractivity contribution in [2.75, 3.05) is 11.6 Å². The third-order valence-electron chi connectivity index (χ3n) is 2.67. The Balaban J connectivity index is 2.24. The predicted octanol–water partition coefficient (Wildman–Crippen LogP) is -0.848. The summed E-state index contributed by atoms with van der Waals surface area (Å²) in [4.78, 5) is 10.8. The van der Waals surface area contributed by atoms with Gasteiger partial charge in [-0.15, -0.1) is 10.2 Å². The van der Waals surface area contributed by atoms with Gasteiger partial charge in [0.25, 0.3) is 0 Å². The van der Waals surface area contributed by atoms with Gasteiger partial charge >= 0.3 is 5.97 Å². The van der Waals surface area contributed by atoms with Crippen molar-refractivity contribution in [3.8, 4) is 0 Å². The summed E-state index contributed by atoms with van der Waals surface area (Å²) in [6, 6.07) is 0. The van der Waals surface area contributed by atoms with Crippen molar-refractivity contribution >= 4 is 11.9 Å². The molecule has 14 heavy (non-hydrogen) atoms. The molecule has 0 spiro atoms. The lowest BCUT2D eigenvalue weighted by molar-refractivity contribution is -0.145. The second-order valence-electron chi connectivity index (χ2n) is 3.41. The molecule has 0 bridgehead atoms. The summed E-state index contributed by atoms with van der Waals surface area (Å²) >= 11 is 0. The zero-order chi connectivity index (χ0) is 10.3. The Hall–Kier alpha value is -1.79. The fourth-order valence-electron chi connectivity index (χ4n) is 1.67. The molecule has 7 nitrogen and oxygen atoms in total. The predicted molar refractivity (Wildman–Crippen MR) is 47.7 cm³/mol. The third-order valence-corrected chi connectivity index (χ3v) is 2.67. The van der Waals surface area contributed by atoms with Crippen molar-refractivity contribution in [1.82, 2.24) is 14.9 Å². The molecule has 1 aliphatic carbocycles. The van der Waals surface area contributed by atoms with Gasteiger partial charge < -0.3 is 16.7 Å². The number of nitrogen functional groups attached to an aromatic ring is 2. The number of anilines is 1. The molecule has 7 heteroatoms. The molecule has 0 radical (unpaired) electrons. The summed E-state index contributed by atoms with van der Waals surface area (Å²) < 4.78 is 1.15. The van der Waals surface area contributed by atoms with Crippen LogP contribution in [0.5, 0.6) is 0 Å². The Labute approximate surface area is 79.7 Å². The van der Waals surface area contributed by atoms with Crippen LogP contribution in [-0.2, 0) is 4.79 Å². The Morgan fingerprint density at radius 3 is 2.57 bits per heavy atom. The van der Waals surface area contributed by atoms with E-state index >= 15 is 0 Å². The summed E-state index contributed by atoms with van der Waals surface area (Å²) in [6.07, 6.45) is 1.43. The fourth-order valence-corrected chi connectivity index (χ4v) is 1.67. The molecule has 1 fully saturated rings. The number of carbonyl (C=O) groups is 1. The first-order valence-corrected chi connectivity index (χ1v) is 4.30. The van der Waals surface area contributed by atoms with E-state index in [0.29, 0.717) is 12.2 Å². The van der Waals surface area contributed by atoms with Crippen molar-refractivity contribution in [2.45, 2.75) is 18.8 Å². The molecule has 76 valence electrons. The van der Waals surface area contributed by atoms with Crippen LogP contribution in [0.1, 0.15) is 24.6 Å². The molecule has 0 unspecified atom stereocenters. The van der Waals surface area contributed by atoms with E-state index in [9.17, 15) is 4.79 Å². The van der Waals surface area contributed by atoms with E-state index in [0.717, 1.165) is 11.1 Å². The Morgan fingerprint density at radius 2 is 2.21 bits per heavy atom. The molecule has 1 aromatic rings. The minimum Gasteiger partial charge on any atom is -0.481 e. The highest BCUT2D eigenvalue weighted by atomic mass is 16.4. The lowest BCUT2D eigenvalue weighted by Gasteiger charge is -2.31. The maximum atomic E-state index is 10.8. The first-order valence-electron chi connectivity index (χ1n) is 4.30. The number of nitrogens with two attached hydrogens (primary N) is 2. The van der Waals surface area contributed by atoms with E-state index in [4.69, 9.17) is 16.7 Å². The minimum absolute atomic E-state index is 0.107. The fraction of sp³-hybridized carbons (Fsp3) is 0.571. The number of nitrogens with zero attached hydrogens (tertiary/aromatic N) is 3. The van der Waals surface area contributed by atoms with Gasteiger partial charge in [0.1, 0.15) is 0 Å². The zero-order valence-corrected chi connectivity index (χ0v) is 7.42. The first-order chi connectivity index (χ1) is 6.61. The molecule has 1 aliphatic rings. The van der Waals surface area contributed by atoms with Gasteiger partial charge in [-0.05, 0) is 12.8 Å². The number of hydrogen-bond acceptors (Lipinski definition) is 5. The van der Waals surface area contributed by atoms with Crippen molar-refractivity contribution in [3.63, 3.8) is 0 Å². The lowest BCUT2D eigenvalue weighted by Crippen LogP contribution is -2.34. The summed E-state index contributed by atoms with van der Waals surface area (Å²) in [5.74, 6) is 4.75. The van der Waals surface area contributed by atoms with Crippen molar-refractivity contribution in [2.24, 2.45) is 5.92 Å². The molecule has 5 N–H and O–H groups in total. The summed E-state index contributed by atoms with van der Waals surface area (Å²) in [6.45, 7) is 0. The molecule has 1 aromatic heterocycles. The molecule has 0 aliphatic heterocycles. The van der Waals surface area contributed by atoms with Crippen LogP contribution in [0, 0.1) is 5.92 Å². The molecular weight excluding hydrogens is 186 g/mol. The van der Waals surface area contributed by atoms with E-state index < -0.39 is 11.9 Å². The summed E-state index contributed by atoms with van der Waals surface area (Å²) in [7, 11) is 0. The number of aromatic nitrogens is 3. The molecule has 0 aromatic carbocycles. The van der Waals surface area contributed by atoms with E-state index in [1.807, 2.05) is 0 Å². The summed E-state index contributed by atoms with van der Waals surface area (Å²) in [5, 5.41) is 16.2. The maximum Gasteiger partial charge on any atom is 0.307 e. The monoisotopic (exact) mass is 197 g/mol. The van der Waals surface area contributed by atoms with Gasteiger partial charge in [-0.25, -0.2) is 4.68 Å². The Morgan fingerprint density at radius 1 is 1.50 bits per heavy atom. The van der Waals surface area contributed by atoms with Crippen molar-refractivity contribution in [1.29, 1.82) is 0 Å². The highest BCUT2D eigenvalue weighted by molar-refractivity contribution is 5.72. The number of aliphatic carboxylic acids is 1. The Kier molecular flexibility index (Phi) is 1.80. The first kappa shape index (κ1) is 8.79. The van der Waals surface area contributed by atoms with Crippen LogP contribution in [0.4, 0.5) is 5.95 Å². The Bertz CT molecular complexity index is 374. The normalized spacial score (nSPS) is 25.7. The molecule has 2 atom stereocenters. The number of hydrogen-bond donors (Lipinski definition) is 3. The maximum absolute atomic E-state index is 10.8. The standard InChI is InChI=1S/C7H11N5O2/c8-7-11-10-5(12(7)9)3-1-2-4(3)6(13)14/h3-4H,1-2,9H2,(H2,8,11)(H,13,14)/t3-,4+/m1/s1. The average molecular weight is 197 g/mol. The number of carboxylic acids is 1. The SMILES string of the molecule is Nc1nnc([C@@H]2CC[C@@H]2C(=O)O)n1N. The van der Waals surface area contributed by atoms with Crippen molar-refractivity contribution in [3.05, 3.63) is 5.82 Å². The highest BCUT2D eigenvalue weighted by Gasteiger charge is 2.40. The average Bonchev–Trinajstić information content (AvgIpc) is 2.33. The lowest BCUT2D eigenvalue weighted by atomic mass is 9.73. The number of rotatable bonds is 2. The molecule has 1 saturated carbocycles. The van der Waals surface area contributed by atoms with E-state index in [1.54, 1.807) is 0 Å². The van der Waals surface area contributed by atoms with E-state index in [-0.39, 0.29) is 11.9 Å². The number of carboxylic acid groups (broad SMARTS) is 1. The second-order valence-corrected chi connectivity index (χ2v) is 3.41. The smallest absolute Gasteiger partial charge is 0.307 e. The van der Waals surface area contributed by atoms with Crippen LogP contribution in [0.2, 0.25) is 0 Å². The van der Waals surface area contributed by atoms with Crippen LogP contribution in [0.15, 0.2) is 0 Å². The van der Waals surface area contributed by atoms with Gasteiger partial charge in [-0.2, -0.15) is 0 Å². The van der Waals surface area contributed by atoms with Crippen LogP contribution in [-0.4, -0.2) is 25.9 Å². The van der Waals surface area contributed by atoms with Gasteiger partial charge in [0.15, 0.2) is 5.82 Å². The van der Waals surface area contributed by atoms with Crippen LogP contribution >= 0.6 is 0 Å². The van der Waals surface area contributed by atoms with E-state index in [1.165, 1.54) is 0 Å². The van der Waals surface area contributed by atoms with Crippen LogP contribution in [0.3, 0.4) is 0 Å². The van der Waals surface area contributed by atoms with E-state index in [2.05, 4.69) is 10.2 Å².